The molecule has 1 heterocycles. The largest absolute Gasteiger partial charge is 0.497 e. The highest BCUT2D eigenvalue weighted by Crippen LogP contribution is 2.45. The Morgan fingerprint density at radius 3 is 2.23 bits per heavy atom. The van der Waals surface area contributed by atoms with Gasteiger partial charge in [-0.2, -0.15) is 0 Å². The standard InChI is InChI=1S/C23H23IO2/c1-25-19-14-12-18(13-15-19)22-20(16-8-4-2-5-9-16)21(24)23(26-22)17-10-6-3-7-11-17/h2,4-5,8-9,12-15,17H,3,6-7,10-11H2,1H3. The van der Waals surface area contributed by atoms with Gasteiger partial charge in [-0.05, 0) is 65.3 Å². The Labute approximate surface area is 168 Å². The van der Waals surface area contributed by atoms with Gasteiger partial charge in [-0.25, -0.2) is 0 Å². The molecule has 0 atom stereocenters. The average Bonchev–Trinajstić information content (AvgIpc) is 3.06. The molecule has 0 unspecified atom stereocenters. The normalized spacial score (nSPS) is 15.2. The third-order valence-electron chi connectivity index (χ3n) is 5.27. The fourth-order valence-electron chi connectivity index (χ4n) is 3.86. The zero-order valence-corrected chi connectivity index (χ0v) is 17.2. The summed E-state index contributed by atoms with van der Waals surface area (Å²) in [4.78, 5) is 0. The third kappa shape index (κ3) is 3.41. The highest BCUT2D eigenvalue weighted by molar-refractivity contribution is 14.1. The Morgan fingerprint density at radius 1 is 0.885 bits per heavy atom. The lowest BCUT2D eigenvalue weighted by Crippen LogP contribution is -2.04. The molecule has 134 valence electrons. The second kappa shape index (κ2) is 7.87. The number of hydrogen-bond acceptors (Lipinski definition) is 2. The van der Waals surface area contributed by atoms with E-state index in [1.807, 2.05) is 12.1 Å². The Kier molecular flexibility index (Phi) is 5.34. The van der Waals surface area contributed by atoms with Crippen LogP contribution in [-0.2, 0) is 0 Å². The molecule has 1 aliphatic carbocycles. The molecule has 0 amide bonds. The zero-order chi connectivity index (χ0) is 17.9. The van der Waals surface area contributed by atoms with Crippen LogP contribution in [0.1, 0.15) is 43.8 Å². The van der Waals surface area contributed by atoms with Crippen molar-refractivity contribution in [3.63, 3.8) is 0 Å². The Morgan fingerprint density at radius 2 is 1.58 bits per heavy atom. The van der Waals surface area contributed by atoms with Gasteiger partial charge in [0.1, 0.15) is 17.3 Å². The summed E-state index contributed by atoms with van der Waals surface area (Å²) >= 11 is 2.49. The maximum absolute atomic E-state index is 6.55. The highest BCUT2D eigenvalue weighted by Gasteiger charge is 2.27. The highest BCUT2D eigenvalue weighted by atomic mass is 127. The van der Waals surface area contributed by atoms with Crippen LogP contribution in [0.2, 0.25) is 0 Å². The molecule has 26 heavy (non-hydrogen) atoms. The molecule has 1 aromatic heterocycles. The number of benzene rings is 2. The van der Waals surface area contributed by atoms with Gasteiger partial charge in [0.25, 0.3) is 0 Å². The van der Waals surface area contributed by atoms with Crippen LogP contribution in [-0.4, -0.2) is 7.11 Å². The number of ether oxygens (including phenoxy) is 1. The zero-order valence-electron chi connectivity index (χ0n) is 15.0. The second-order valence-electron chi connectivity index (χ2n) is 6.91. The topological polar surface area (TPSA) is 22.4 Å². The summed E-state index contributed by atoms with van der Waals surface area (Å²) in [6, 6.07) is 18.8. The van der Waals surface area contributed by atoms with E-state index < -0.39 is 0 Å². The van der Waals surface area contributed by atoms with Crippen LogP contribution in [0, 0.1) is 3.57 Å². The second-order valence-corrected chi connectivity index (χ2v) is 7.99. The summed E-state index contributed by atoms with van der Waals surface area (Å²) in [5.41, 5.74) is 3.54. The summed E-state index contributed by atoms with van der Waals surface area (Å²) in [6.07, 6.45) is 6.43. The van der Waals surface area contributed by atoms with E-state index in [4.69, 9.17) is 9.15 Å². The molecular formula is C23H23IO2. The minimum absolute atomic E-state index is 0.546. The fourth-order valence-corrected chi connectivity index (χ4v) is 4.97. The van der Waals surface area contributed by atoms with Crippen molar-refractivity contribution in [3.05, 3.63) is 63.9 Å². The van der Waals surface area contributed by atoms with Gasteiger partial charge in [-0.15, -0.1) is 0 Å². The monoisotopic (exact) mass is 458 g/mol. The minimum atomic E-state index is 0.546. The molecule has 0 radical (unpaired) electrons. The SMILES string of the molecule is COc1ccc(-c2oc(C3CCCCC3)c(I)c2-c2ccccc2)cc1. The first-order chi connectivity index (χ1) is 12.8. The molecule has 2 nitrogen and oxygen atoms in total. The van der Waals surface area contributed by atoms with Gasteiger partial charge in [-0.3, -0.25) is 0 Å². The van der Waals surface area contributed by atoms with Crippen molar-refractivity contribution in [2.24, 2.45) is 0 Å². The van der Waals surface area contributed by atoms with E-state index in [0.29, 0.717) is 5.92 Å². The summed E-state index contributed by atoms with van der Waals surface area (Å²) in [6.45, 7) is 0. The van der Waals surface area contributed by atoms with E-state index in [2.05, 4.69) is 65.1 Å². The Balaban J connectivity index is 1.85. The number of furan rings is 1. The summed E-state index contributed by atoms with van der Waals surface area (Å²) in [7, 11) is 1.70. The summed E-state index contributed by atoms with van der Waals surface area (Å²) < 4.78 is 13.1. The Bertz CT molecular complexity index is 859. The van der Waals surface area contributed by atoms with E-state index >= 15 is 0 Å². The molecule has 0 bridgehead atoms. The lowest BCUT2D eigenvalue weighted by atomic mass is 9.87. The average molecular weight is 458 g/mol. The molecule has 0 aliphatic heterocycles. The molecule has 0 N–H and O–H groups in total. The maximum Gasteiger partial charge on any atom is 0.143 e. The van der Waals surface area contributed by atoms with Crippen molar-refractivity contribution in [1.82, 2.24) is 0 Å². The number of methoxy groups -OCH3 is 1. The molecule has 2 aromatic carbocycles. The smallest absolute Gasteiger partial charge is 0.143 e. The van der Waals surface area contributed by atoms with Crippen LogP contribution in [0.3, 0.4) is 0 Å². The fraction of sp³-hybridized carbons (Fsp3) is 0.304. The van der Waals surface area contributed by atoms with E-state index in [1.54, 1.807) is 7.11 Å². The van der Waals surface area contributed by atoms with Crippen LogP contribution in [0.25, 0.3) is 22.5 Å². The van der Waals surface area contributed by atoms with Crippen molar-refractivity contribution in [2.45, 2.75) is 38.0 Å². The van der Waals surface area contributed by atoms with Gasteiger partial charge in [-0.1, -0.05) is 49.6 Å². The maximum atomic E-state index is 6.55. The van der Waals surface area contributed by atoms with Crippen molar-refractivity contribution in [2.75, 3.05) is 7.11 Å². The summed E-state index contributed by atoms with van der Waals surface area (Å²) in [5.74, 6) is 3.56. The summed E-state index contributed by atoms with van der Waals surface area (Å²) in [5, 5.41) is 0. The molecule has 1 aliphatic rings. The molecule has 1 saturated carbocycles. The molecule has 4 rings (SSSR count). The molecule has 1 fully saturated rings. The van der Waals surface area contributed by atoms with E-state index in [9.17, 15) is 0 Å². The quantitative estimate of drug-likeness (QED) is 0.384. The predicted octanol–water partition coefficient (Wildman–Crippen LogP) is 7.27. The molecule has 3 heteroatoms. The first kappa shape index (κ1) is 17.7. The van der Waals surface area contributed by atoms with Gasteiger partial charge in [0.2, 0.25) is 0 Å². The molecule has 3 aromatic rings. The number of halogens is 1. The third-order valence-corrected chi connectivity index (χ3v) is 6.34. The first-order valence-electron chi connectivity index (χ1n) is 9.30. The lowest BCUT2D eigenvalue weighted by Gasteiger charge is -2.19. The van der Waals surface area contributed by atoms with Gasteiger partial charge < -0.3 is 9.15 Å². The molecule has 0 spiro atoms. The van der Waals surface area contributed by atoms with Gasteiger partial charge in [0.15, 0.2) is 0 Å². The minimum Gasteiger partial charge on any atom is -0.497 e. The molecular weight excluding hydrogens is 435 g/mol. The number of rotatable bonds is 4. The lowest BCUT2D eigenvalue weighted by molar-refractivity contribution is 0.376. The van der Waals surface area contributed by atoms with Crippen LogP contribution in [0.5, 0.6) is 5.75 Å². The van der Waals surface area contributed by atoms with E-state index in [0.717, 1.165) is 17.1 Å². The van der Waals surface area contributed by atoms with Crippen LogP contribution >= 0.6 is 22.6 Å². The molecule has 0 saturated heterocycles. The van der Waals surface area contributed by atoms with Crippen LogP contribution < -0.4 is 4.74 Å². The Hall–Kier alpha value is -1.75. The first-order valence-corrected chi connectivity index (χ1v) is 10.4. The van der Waals surface area contributed by atoms with Crippen molar-refractivity contribution < 1.29 is 9.15 Å². The number of hydrogen-bond donors (Lipinski definition) is 0. The van der Waals surface area contributed by atoms with Gasteiger partial charge in [0, 0.05) is 17.0 Å². The van der Waals surface area contributed by atoms with E-state index in [1.165, 1.54) is 52.6 Å². The van der Waals surface area contributed by atoms with Crippen molar-refractivity contribution in [1.29, 1.82) is 0 Å². The van der Waals surface area contributed by atoms with E-state index in [-0.39, 0.29) is 0 Å². The van der Waals surface area contributed by atoms with Crippen molar-refractivity contribution >= 4 is 22.6 Å². The van der Waals surface area contributed by atoms with Crippen LogP contribution in [0.15, 0.2) is 59.0 Å². The van der Waals surface area contributed by atoms with Crippen molar-refractivity contribution in [3.8, 4) is 28.2 Å². The van der Waals surface area contributed by atoms with Gasteiger partial charge in [0.05, 0.1) is 10.7 Å². The predicted molar refractivity (Wildman–Crippen MR) is 115 cm³/mol. The van der Waals surface area contributed by atoms with Crippen LogP contribution in [0.4, 0.5) is 0 Å². The van der Waals surface area contributed by atoms with Gasteiger partial charge >= 0.3 is 0 Å².